The van der Waals surface area contributed by atoms with Crippen LogP contribution in [0.2, 0.25) is 0 Å². The van der Waals surface area contributed by atoms with Crippen LogP contribution in [-0.2, 0) is 0 Å². The van der Waals surface area contributed by atoms with Gasteiger partial charge in [0.15, 0.2) is 11.5 Å². The fourth-order valence-corrected chi connectivity index (χ4v) is 2.23. The van der Waals surface area contributed by atoms with E-state index < -0.39 is 11.8 Å². The number of rotatable bonds is 4. The summed E-state index contributed by atoms with van der Waals surface area (Å²) in [4.78, 5) is 36.0. The number of anilines is 3. The predicted molar refractivity (Wildman–Crippen MR) is 97.0 cm³/mol. The summed E-state index contributed by atoms with van der Waals surface area (Å²) in [5.41, 5.74) is 18.7. The van der Waals surface area contributed by atoms with E-state index in [9.17, 15) is 9.59 Å². The van der Waals surface area contributed by atoms with Gasteiger partial charge in [0.2, 0.25) is 5.91 Å². The molecule has 0 fully saturated rings. The Kier molecular flexibility index (Phi) is 4.44. The van der Waals surface area contributed by atoms with E-state index in [4.69, 9.17) is 17.2 Å². The van der Waals surface area contributed by atoms with Gasteiger partial charge < -0.3 is 22.5 Å². The molecule has 0 unspecified atom stereocenters. The third-order valence-electron chi connectivity index (χ3n) is 3.56. The Morgan fingerprint density at radius 2 is 1.88 bits per heavy atom. The lowest BCUT2D eigenvalue weighted by atomic mass is 10.1. The van der Waals surface area contributed by atoms with E-state index >= 15 is 0 Å². The number of benzene rings is 1. The smallest absolute Gasteiger partial charge is 0.278 e. The van der Waals surface area contributed by atoms with Crippen LogP contribution in [0.5, 0.6) is 0 Å². The summed E-state index contributed by atoms with van der Waals surface area (Å²) in [7, 11) is 0. The number of hydrogen-bond acceptors (Lipinski definition) is 7. The van der Waals surface area contributed by atoms with Crippen molar-refractivity contribution in [1.29, 1.82) is 0 Å². The molecule has 0 saturated carbocycles. The maximum absolute atomic E-state index is 12.5. The molecule has 9 nitrogen and oxygen atoms in total. The van der Waals surface area contributed by atoms with Crippen molar-refractivity contribution in [3.8, 4) is 11.3 Å². The van der Waals surface area contributed by atoms with Gasteiger partial charge in [0, 0.05) is 17.3 Å². The molecule has 0 aliphatic rings. The highest BCUT2D eigenvalue weighted by molar-refractivity contribution is 6.07. The molecule has 2 aromatic heterocycles. The quantitative estimate of drug-likeness (QED) is 0.547. The third-order valence-corrected chi connectivity index (χ3v) is 3.56. The minimum atomic E-state index is -0.581. The van der Waals surface area contributed by atoms with E-state index in [1.54, 1.807) is 30.3 Å². The normalized spacial score (nSPS) is 10.3. The number of nitrogen functional groups attached to an aromatic ring is 2. The zero-order chi connectivity index (χ0) is 18.7. The van der Waals surface area contributed by atoms with Crippen LogP contribution in [0.4, 0.5) is 17.2 Å². The Bertz CT molecular complexity index is 1000. The molecule has 0 aliphatic heterocycles. The first-order chi connectivity index (χ1) is 12.5. The highest BCUT2D eigenvalue weighted by atomic mass is 16.2. The number of primary amides is 1. The molecule has 7 N–H and O–H groups in total. The molecular weight excluding hydrogens is 334 g/mol. The van der Waals surface area contributed by atoms with Crippen LogP contribution in [-0.4, -0.2) is 26.8 Å². The molecule has 0 saturated heterocycles. The molecule has 0 radical (unpaired) electrons. The molecular formula is C17H15N7O2. The van der Waals surface area contributed by atoms with Crippen molar-refractivity contribution in [3.05, 3.63) is 60.2 Å². The first kappa shape index (κ1) is 16.8. The summed E-state index contributed by atoms with van der Waals surface area (Å²) < 4.78 is 0. The van der Waals surface area contributed by atoms with Crippen molar-refractivity contribution in [3.63, 3.8) is 0 Å². The third kappa shape index (κ3) is 3.41. The van der Waals surface area contributed by atoms with Crippen molar-refractivity contribution >= 4 is 29.0 Å². The molecule has 130 valence electrons. The maximum atomic E-state index is 12.5. The second-order valence-corrected chi connectivity index (χ2v) is 5.35. The van der Waals surface area contributed by atoms with E-state index in [0.717, 1.165) is 0 Å². The second-order valence-electron chi connectivity index (χ2n) is 5.35. The number of nitrogens with two attached hydrogens (primary N) is 3. The van der Waals surface area contributed by atoms with E-state index in [1.807, 2.05) is 0 Å². The molecule has 0 spiro atoms. The fraction of sp³-hybridized carbons (Fsp3) is 0. The first-order valence-electron chi connectivity index (χ1n) is 7.49. The standard InChI is InChI=1S/C17H15N7O2/c18-11-4-5-21-7-13(11)24-17(26)14-15(19)22-8-12(23-14)9-2-1-3-10(6-9)16(20)25/h1-8H,(H2,18,21)(H2,19,22)(H2,20,25)(H,24,26). The monoisotopic (exact) mass is 349 g/mol. The minimum Gasteiger partial charge on any atom is -0.397 e. The van der Waals surface area contributed by atoms with Gasteiger partial charge in [-0.25, -0.2) is 9.97 Å². The number of hydrogen-bond donors (Lipinski definition) is 4. The fourth-order valence-electron chi connectivity index (χ4n) is 2.23. The van der Waals surface area contributed by atoms with Crippen LogP contribution >= 0.6 is 0 Å². The van der Waals surface area contributed by atoms with Gasteiger partial charge in [0.05, 0.1) is 29.5 Å². The van der Waals surface area contributed by atoms with E-state index in [1.165, 1.54) is 18.6 Å². The number of aromatic nitrogens is 3. The molecule has 9 heteroatoms. The first-order valence-corrected chi connectivity index (χ1v) is 7.49. The number of pyridine rings is 1. The Hall–Kier alpha value is -4.01. The summed E-state index contributed by atoms with van der Waals surface area (Å²) in [6, 6.07) is 8.06. The Morgan fingerprint density at radius 3 is 2.62 bits per heavy atom. The molecule has 3 aromatic rings. The van der Waals surface area contributed by atoms with Gasteiger partial charge in [0.25, 0.3) is 5.91 Å². The molecule has 0 aliphatic carbocycles. The van der Waals surface area contributed by atoms with Gasteiger partial charge in [-0.15, -0.1) is 0 Å². The lowest BCUT2D eigenvalue weighted by Gasteiger charge is -2.10. The number of nitrogens with one attached hydrogen (secondary N) is 1. The minimum absolute atomic E-state index is 0.0419. The summed E-state index contributed by atoms with van der Waals surface area (Å²) in [5.74, 6) is -1.19. The Morgan fingerprint density at radius 1 is 1.08 bits per heavy atom. The van der Waals surface area contributed by atoms with Crippen molar-refractivity contribution < 1.29 is 9.59 Å². The molecule has 3 rings (SSSR count). The van der Waals surface area contributed by atoms with Gasteiger partial charge in [-0.05, 0) is 18.2 Å². The maximum Gasteiger partial charge on any atom is 0.278 e. The highest BCUT2D eigenvalue weighted by Gasteiger charge is 2.16. The van der Waals surface area contributed by atoms with Gasteiger partial charge >= 0.3 is 0 Å². The number of amides is 2. The molecule has 0 atom stereocenters. The molecule has 1 aromatic carbocycles. The van der Waals surface area contributed by atoms with Gasteiger partial charge in [-0.2, -0.15) is 0 Å². The van der Waals surface area contributed by atoms with E-state index in [2.05, 4.69) is 20.3 Å². The SMILES string of the molecule is NC(=O)c1cccc(-c2cnc(N)c(C(=O)Nc3cnccc3N)n2)c1. The van der Waals surface area contributed by atoms with Crippen molar-refractivity contribution in [2.75, 3.05) is 16.8 Å². The zero-order valence-electron chi connectivity index (χ0n) is 13.5. The lowest BCUT2D eigenvalue weighted by molar-refractivity contribution is 0.0997. The van der Waals surface area contributed by atoms with Crippen LogP contribution in [0.1, 0.15) is 20.8 Å². The van der Waals surface area contributed by atoms with Crippen LogP contribution in [0.15, 0.2) is 48.9 Å². The molecule has 0 bridgehead atoms. The van der Waals surface area contributed by atoms with Crippen LogP contribution in [0.25, 0.3) is 11.3 Å². The van der Waals surface area contributed by atoms with Crippen LogP contribution < -0.4 is 22.5 Å². The second kappa shape index (κ2) is 6.85. The number of carbonyl (C=O) groups excluding carboxylic acids is 2. The molecule has 2 heterocycles. The summed E-state index contributed by atoms with van der Waals surface area (Å²) >= 11 is 0. The van der Waals surface area contributed by atoms with Crippen molar-refractivity contribution in [2.45, 2.75) is 0 Å². The average molecular weight is 349 g/mol. The number of carbonyl (C=O) groups is 2. The topological polar surface area (TPSA) is 163 Å². The van der Waals surface area contributed by atoms with Gasteiger partial charge in [0.1, 0.15) is 0 Å². The van der Waals surface area contributed by atoms with Crippen molar-refractivity contribution in [2.24, 2.45) is 5.73 Å². The van der Waals surface area contributed by atoms with Gasteiger partial charge in [-0.1, -0.05) is 12.1 Å². The highest BCUT2D eigenvalue weighted by Crippen LogP contribution is 2.21. The largest absolute Gasteiger partial charge is 0.397 e. The molecule has 26 heavy (non-hydrogen) atoms. The van der Waals surface area contributed by atoms with Crippen molar-refractivity contribution in [1.82, 2.24) is 15.0 Å². The Labute approximate surface area is 148 Å². The average Bonchev–Trinajstić information content (AvgIpc) is 2.64. The zero-order valence-corrected chi connectivity index (χ0v) is 13.5. The summed E-state index contributed by atoms with van der Waals surface area (Å²) in [6.45, 7) is 0. The Balaban J connectivity index is 1.95. The predicted octanol–water partition coefficient (Wildman–Crippen LogP) is 1.05. The lowest BCUT2D eigenvalue weighted by Crippen LogP contribution is -2.18. The van der Waals surface area contributed by atoms with Gasteiger partial charge in [-0.3, -0.25) is 14.6 Å². The van der Waals surface area contributed by atoms with E-state index in [0.29, 0.717) is 28.2 Å². The summed E-state index contributed by atoms with van der Waals surface area (Å²) in [5, 5.41) is 2.59. The van der Waals surface area contributed by atoms with E-state index in [-0.39, 0.29) is 11.5 Å². The summed E-state index contributed by atoms with van der Waals surface area (Å²) in [6.07, 6.45) is 4.33. The number of nitrogens with zero attached hydrogens (tertiary/aromatic N) is 3. The molecule has 2 amide bonds. The van der Waals surface area contributed by atoms with Crippen LogP contribution in [0.3, 0.4) is 0 Å². The van der Waals surface area contributed by atoms with Crippen LogP contribution in [0, 0.1) is 0 Å².